The Balaban J connectivity index is 0.843. The van der Waals surface area contributed by atoms with E-state index >= 15 is 0 Å². The average molecular weight is 745 g/mol. The molecule has 6 atom stereocenters. The first-order valence-corrected chi connectivity index (χ1v) is 22.5. The van der Waals surface area contributed by atoms with Crippen molar-refractivity contribution in [1.82, 2.24) is 10.6 Å². The van der Waals surface area contributed by atoms with Crippen LogP contribution in [-0.4, -0.2) is 72.4 Å². The van der Waals surface area contributed by atoms with E-state index in [9.17, 15) is 20.0 Å². The highest BCUT2D eigenvalue weighted by Gasteiger charge is 2.42. The number of rotatable bonds is 15. The van der Waals surface area contributed by atoms with Gasteiger partial charge in [-0.15, -0.1) is 0 Å². The second-order valence-corrected chi connectivity index (χ2v) is 19.6. The molecule has 0 spiro atoms. The lowest BCUT2D eigenvalue weighted by atomic mass is 9.66. The van der Waals surface area contributed by atoms with E-state index in [1.807, 2.05) is 0 Å². The Morgan fingerprint density at radius 3 is 1.68 bits per heavy atom. The third-order valence-electron chi connectivity index (χ3n) is 15.1. The summed E-state index contributed by atoms with van der Waals surface area (Å²) in [6.45, 7) is 6.27. The SMILES string of the molecule is CC(C)(COC1CCC(NC(=O)C2CCC(C3CCCCC3)CC2C(=O)O)CC1)COC1CCC(NC2CCC(C3CCCCC3)CC2COO)CC1. The first kappa shape index (κ1) is 41.4. The van der Waals surface area contributed by atoms with Crippen molar-refractivity contribution in [2.24, 2.45) is 46.8 Å². The van der Waals surface area contributed by atoms with Crippen LogP contribution in [0.5, 0.6) is 0 Å². The molecule has 6 rings (SSSR count). The van der Waals surface area contributed by atoms with Crippen LogP contribution in [0.15, 0.2) is 0 Å². The van der Waals surface area contributed by atoms with E-state index in [0.29, 0.717) is 68.6 Å². The molecule has 0 aromatic carbocycles. The van der Waals surface area contributed by atoms with Crippen LogP contribution in [-0.2, 0) is 24.0 Å². The van der Waals surface area contributed by atoms with Gasteiger partial charge in [-0.2, -0.15) is 0 Å². The molecule has 6 saturated carbocycles. The van der Waals surface area contributed by atoms with Crippen LogP contribution in [0, 0.1) is 46.8 Å². The topological polar surface area (TPSA) is 126 Å². The second kappa shape index (κ2) is 20.2. The van der Waals surface area contributed by atoms with Crippen molar-refractivity contribution in [2.45, 2.75) is 198 Å². The van der Waals surface area contributed by atoms with Crippen molar-refractivity contribution in [3.05, 3.63) is 0 Å². The summed E-state index contributed by atoms with van der Waals surface area (Å²) < 4.78 is 12.9. The molecule has 4 N–H and O–H groups in total. The Bertz CT molecular complexity index is 1110. The molecule has 304 valence electrons. The maximum Gasteiger partial charge on any atom is 0.307 e. The molecule has 6 unspecified atom stereocenters. The van der Waals surface area contributed by atoms with Crippen LogP contribution < -0.4 is 10.6 Å². The van der Waals surface area contributed by atoms with Gasteiger partial charge in [-0.1, -0.05) is 78.1 Å². The van der Waals surface area contributed by atoms with Crippen LogP contribution in [0.4, 0.5) is 0 Å². The van der Waals surface area contributed by atoms with Crippen LogP contribution in [0.3, 0.4) is 0 Å². The maximum absolute atomic E-state index is 13.4. The van der Waals surface area contributed by atoms with E-state index in [0.717, 1.165) is 69.6 Å². The summed E-state index contributed by atoms with van der Waals surface area (Å²) in [6.07, 6.45) is 27.9. The lowest BCUT2D eigenvalue weighted by Crippen LogP contribution is -2.49. The number of ether oxygens (including phenoxy) is 2. The number of hydrogen-bond acceptors (Lipinski definition) is 7. The van der Waals surface area contributed by atoms with Crippen LogP contribution in [0.1, 0.15) is 168 Å². The molecule has 0 aromatic rings. The molecule has 0 radical (unpaired) electrons. The lowest BCUT2D eigenvalue weighted by molar-refractivity contribution is -0.255. The number of carbonyl (C=O) groups excluding carboxylic acids is 1. The molecule has 6 aliphatic rings. The van der Waals surface area contributed by atoms with Gasteiger partial charge in [0.25, 0.3) is 0 Å². The molecule has 6 fully saturated rings. The zero-order chi connectivity index (χ0) is 37.2. The third-order valence-corrected chi connectivity index (χ3v) is 15.1. The van der Waals surface area contributed by atoms with Gasteiger partial charge in [-0.25, -0.2) is 4.89 Å². The van der Waals surface area contributed by atoms with E-state index in [2.05, 4.69) is 24.5 Å². The Kier molecular flexibility index (Phi) is 15.8. The molecule has 6 aliphatic carbocycles. The van der Waals surface area contributed by atoms with E-state index in [-0.39, 0.29) is 23.5 Å². The highest BCUT2D eigenvalue weighted by molar-refractivity contribution is 5.85. The number of amides is 1. The quantitative estimate of drug-likeness (QED) is 0.0968. The Morgan fingerprint density at radius 1 is 0.604 bits per heavy atom. The molecule has 53 heavy (non-hydrogen) atoms. The molecule has 0 heterocycles. The zero-order valence-corrected chi connectivity index (χ0v) is 33.5. The minimum absolute atomic E-state index is 0.0376. The molecule has 0 aliphatic heterocycles. The first-order valence-electron chi connectivity index (χ1n) is 22.5. The second-order valence-electron chi connectivity index (χ2n) is 19.6. The molecule has 0 aromatic heterocycles. The van der Waals surface area contributed by atoms with Gasteiger partial charge < -0.3 is 25.2 Å². The predicted octanol–water partition coefficient (Wildman–Crippen LogP) is 8.93. The van der Waals surface area contributed by atoms with Crippen molar-refractivity contribution >= 4 is 11.9 Å². The van der Waals surface area contributed by atoms with Crippen LogP contribution in [0.2, 0.25) is 0 Å². The average Bonchev–Trinajstić information content (AvgIpc) is 3.18. The zero-order valence-electron chi connectivity index (χ0n) is 33.5. The highest BCUT2D eigenvalue weighted by atomic mass is 17.1. The Hall–Kier alpha value is -1.26. The van der Waals surface area contributed by atoms with Crippen molar-refractivity contribution in [2.75, 3.05) is 19.8 Å². The standard InChI is InChI=1S/C44H76N2O7/c1-44(2,28-51-37-19-15-35(16-20-37)45-41-24-14-32(25-34(41)27-53-50)30-9-5-3-6-10-30)29-52-38-21-17-36(18-22-38)46-42(47)39-23-13-33(26-40(39)43(48)49)31-11-7-4-8-12-31/h30-41,45,50H,3-29H2,1-2H3,(H,46,47)(H,48,49). The monoisotopic (exact) mass is 745 g/mol. The Labute approximate surface area is 321 Å². The van der Waals surface area contributed by atoms with Crippen LogP contribution in [0.25, 0.3) is 0 Å². The first-order chi connectivity index (χ1) is 25.7. The number of hydrogen-bond donors (Lipinski definition) is 4. The summed E-state index contributed by atoms with van der Waals surface area (Å²) in [4.78, 5) is 30.4. The summed E-state index contributed by atoms with van der Waals surface area (Å²) in [5.41, 5.74) is -0.0725. The Morgan fingerprint density at radius 2 is 1.13 bits per heavy atom. The summed E-state index contributed by atoms with van der Waals surface area (Å²) >= 11 is 0. The minimum atomic E-state index is -0.792. The summed E-state index contributed by atoms with van der Waals surface area (Å²) in [5, 5.41) is 26.7. The number of carboxylic acids is 1. The van der Waals surface area contributed by atoms with Gasteiger partial charge in [0.05, 0.1) is 43.9 Å². The highest BCUT2D eigenvalue weighted by Crippen LogP contribution is 2.44. The number of aliphatic carboxylic acids is 1. The van der Waals surface area contributed by atoms with Gasteiger partial charge in [0, 0.05) is 29.5 Å². The maximum atomic E-state index is 13.4. The molecule has 1 amide bonds. The lowest BCUT2D eigenvalue weighted by Gasteiger charge is -2.42. The normalized spacial score (nSPS) is 36.9. The summed E-state index contributed by atoms with van der Waals surface area (Å²) in [5.74, 6) is 1.42. The van der Waals surface area contributed by atoms with Gasteiger partial charge >= 0.3 is 5.97 Å². The van der Waals surface area contributed by atoms with Gasteiger partial charge in [0.2, 0.25) is 5.91 Å². The third kappa shape index (κ3) is 12.1. The molecule has 0 bridgehead atoms. The van der Waals surface area contributed by atoms with Crippen molar-refractivity contribution in [3.63, 3.8) is 0 Å². The van der Waals surface area contributed by atoms with Crippen LogP contribution >= 0.6 is 0 Å². The van der Waals surface area contributed by atoms with Crippen molar-refractivity contribution < 1.29 is 34.3 Å². The molecule has 9 nitrogen and oxygen atoms in total. The molecule has 0 saturated heterocycles. The molecule has 9 heteroatoms. The summed E-state index contributed by atoms with van der Waals surface area (Å²) in [7, 11) is 0. The molecular weight excluding hydrogens is 668 g/mol. The van der Waals surface area contributed by atoms with Gasteiger partial charge in [-0.05, 0) is 114 Å². The van der Waals surface area contributed by atoms with E-state index in [1.54, 1.807) is 0 Å². The van der Waals surface area contributed by atoms with Crippen molar-refractivity contribution in [1.29, 1.82) is 0 Å². The fourth-order valence-electron chi connectivity index (χ4n) is 11.8. The van der Waals surface area contributed by atoms with Crippen molar-refractivity contribution in [3.8, 4) is 0 Å². The molecular formula is C44H76N2O7. The van der Waals surface area contributed by atoms with Gasteiger partial charge in [0.15, 0.2) is 0 Å². The fraction of sp³-hybridized carbons (Fsp3) is 0.955. The van der Waals surface area contributed by atoms with E-state index < -0.39 is 17.8 Å². The van der Waals surface area contributed by atoms with Gasteiger partial charge in [0.1, 0.15) is 0 Å². The van der Waals surface area contributed by atoms with E-state index in [1.165, 1.54) is 83.5 Å². The summed E-state index contributed by atoms with van der Waals surface area (Å²) in [6, 6.07) is 1.06. The fourth-order valence-corrected chi connectivity index (χ4v) is 11.8. The predicted molar refractivity (Wildman–Crippen MR) is 207 cm³/mol. The minimum Gasteiger partial charge on any atom is -0.481 e. The number of nitrogens with one attached hydrogen (secondary N) is 2. The largest absolute Gasteiger partial charge is 0.481 e. The smallest absolute Gasteiger partial charge is 0.307 e. The van der Waals surface area contributed by atoms with Gasteiger partial charge in [-0.3, -0.25) is 14.8 Å². The van der Waals surface area contributed by atoms with E-state index in [4.69, 9.17) is 14.4 Å². The number of carbonyl (C=O) groups is 2. The number of carboxylic acid groups (broad SMARTS) is 1.